The molecule has 0 bridgehead atoms. The lowest BCUT2D eigenvalue weighted by Gasteiger charge is -2.20. The first-order chi connectivity index (χ1) is 12.7. The summed E-state index contributed by atoms with van der Waals surface area (Å²) in [6, 6.07) is 15.4. The minimum Gasteiger partial charge on any atom is -0.486 e. The Balaban J connectivity index is 1.53. The number of carbonyl (C=O) groups is 1. The number of thiophene rings is 1. The van der Waals surface area contributed by atoms with Crippen LogP contribution in [0, 0.1) is 0 Å². The van der Waals surface area contributed by atoms with Crippen molar-refractivity contribution < 1.29 is 14.3 Å². The van der Waals surface area contributed by atoms with Gasteiger partial charge in [-0.15, -0.1) is 11.3 Å². The van der Waals surface area contributed by atoms with Gasteiger partial charge in [0.25, 0.3) is 0 Å². The summed E-state index contributed by atoms with van der Waals surface area (Å²) in [5.41, 5.74) is 2.59. The molecule has 0 aliphatic carbocycles. The Morgan fingerprint density at radius 3 is 2.81 bits per heavy atom. The molecule has 26 heavy (non-hydrogen) atoms. The monoisotopic (exact) mass is 385 g/mol. The smallest absolute Gasteiger partial charge is 0.228 e. The highest BCUT2D eigenvalue weighted by molar-refractivity contribution is 7.13. The Morgan fingerprint density at radius 1 is 1.12 bits per heavy atom. The van der Waals surface area contributed by atoms with Gasteiger partial charge in [0.2, 0.25) is 5.91 Å². The zero-order valence-electron chi connectivity index (χ0n) is 13.8. The van der Waals surface area contributed by atoms with E-state index in [1.54, 1.807) is 17.4 Å². The molecule has 6 heteroatoms. The Morgan fingerprint density at radius 2 is 1.96 bits per heavy atom. The molecule has 0 saturated heterocycles. The maximum atomic E-state index is 12.6. The van der Waals surface area contributed by atoms with Gasteiger partial charge >= 0.3 is 0 Å². The quantitative estimate of drug-likeness (QED) is 0.685. The molecule has 0 atom stereocenters. The van der Waals surface area contributed by atoms with Crippen LogP contribution in [0.2, 0.25) is 5.02 Å². The SMILES string of the molecule is O=C(Cc1cc(Cl)c2c(c1)OCCO2)Nc1ccccc1-c1cccs1. The molecule has 1 aromatic heterocycles. The topological polar surface area (TPSA) is 47.6 Å². The van der Waals surface area contributed by atoms with Crippen molar-refractivity contribution in [2.75, 3.05) is 18.5 Å². The summed E-state index contributed by atoms with van der Waals surface area (Å²) in [5.74, 6) is 1.03. The molecular weight excluding hydrogens is 370 g/mol. The summed E-state index contributed by atoms with van der Waals surface area (Å²) in [5, 5.41) is 5.48. The number of anilines is 1. The van der Waals surface area contributed by atoms with E-state index in [1.165, 1.54) is 0 Å². The molecule has 4 rings (SSSR count). The van der Waals surface area contributed by atoms with Crippen molar-refractivity contribution in [2.24, 2.45) is 0 Å². The lowest BCUT2D eigenvalue weighted by molar-refractivity contribution is -0.115. The zero-order valence-corrected chi connectivity index (χ0v) is 15.4. The number of rotatable bonds is 4. The molecule has 1 N–H and O–H groups in total. The molecule has 132 valence electrons. The fraction of sp³-hybridized carbons (Fsp3) is 0.150. The van der Waals surface area contributed by atoms with Crippen molar-refractivity contribution in [1.29, 1.82) is 0 Å². The van der Waals surface area contributed by atoms with Gasteiger partial charge in [0, 0.05) is 16.1 Å². The minimum atomic E-state index is -0.109. The number of nitrogens with one attached hydrogen (secondary N) is 1. The van der Waals surface area contributed by atoms with Gasteiger partial charge in [-0.2, -0.15) is 0 Å². The normalized spacial score (nSPS) is 12.7. The molecule has 1 aliphatic rings. The fourth-order valence-corrected chi connectivity index (χ4v) is 3.94. The van der Waals surface area contributed by atoms with Crippen LogP contribution in [0.25, 0.3) is 10.4 Å². The van der Waals surface area contributed by atoms with Crippen molar-refractivity contribution in [3.63, 3.8) is 0 Å². The second-order valence-corrected chi connectivity index (χ2v) is 7.20. The molecule has 4 nitrogen and oxygen atoms in total. The maximum absolute atomic E-state index is 12.6. The molecule has 2 heterocycles. The summed E-state index contributed by atoms with van der Waals surface area (Å²) >= 11 is 7.89. The number of hydrogen-bond acceptors (Lipinski definition) is 4. The molecule has 0 radical (unpaired) electrons. The van der Waals surface area contributed by atoms with Gasteiger partial charge in [0.15, 0.2) is 11.5 Å². The number of para-hydroxylation sites is 1. The molecule has 1 amide bonds. The van der Waals surface area contributed by atoms with Crippen LogP contribution in [0.3, 0.4) is 0 Å². The lowest BCUT2D eigenvalue weighted by atomic mass is 10.1. The van der Waals surface area contributed by atoms with Crippen LogP contribution in [-0.2, 0) is 11.2 Å². The molecule has 0 unspecified atom stereocenters. The molecule has 0 fully saturated rings. The second-order valence-electron chi connectivity index (χ2n) is 5.85. The van der Waals surface area contributed by atoms with E-state index in [1.807, 2.05) is 47.8 Å². The maximum Gasteiger partial charge on any atom is 0.228 e. The Labute approximate surface area is 160 Å². The Hall–Kier alpha value is -2.50. The molecule has 0 saturated carbocycles. The van der Waals surface area contributed by atoms with Gasteiger partial charge in [-0.1, -0.05) is 35.9 Å². The minimum absolute atomic E-state index is 0.109. The highest BCUT2D eigenvalue weighted by Crippen LogP contribution is 2.38. The van der Waals surface area contributed by atoms with Crippen LogP contribution in [0.4, 0.5) is 5.69 Å². The molecule has 2 aromatic carbocycles. The Bertz CT molecular complexity index is 940. The molecule has 0 spiro atoms. The summed E-state index contributed by atoms with van der Waals surface area (Å²) in [7, 11) is 0. The number of amides is 1. The summed E-state index contributed by atoms with van der Waals surface area (Å²) in [6.07, 6.45) is 0.204. The van der Waals surface area contributed by atoms with E-state index in [0.717, 1.165) is 21.7 Å². The van der Waals surface area contributed by atoms with Crippen molar-refractivity contribution in [3.05, 3.63) is 64.5 Å². The average molecular weight is 386 g/mol. The van der Waals surface area contributed by atoms with Crippen molar-refractivity contribution in [1.82, 2.24) is 0 Å². The van der Waals surface area contributed by atoms with Gasteiger partial charge < -0.3 is 14.8 Å². The third kappa shape index (κ3) is 3.54. The predicted octanol–water partition coefficient (Wildman–Crippen LogP) is 5.02. The first-order valence-electron chi connectivity index (χ1n) is 8.21. The standard InChI is InChI=1S/C20H16ClNO3S/c21-15-10-13(11-17-20(15)25-8-7-24-17)12-19(23)22-16-5-2-1-4-14(16)18-6-3-9-26-18/h1-6,9-11H,7-8,12H2,(H,22,23). The lowest BCUT2D eigenvalue weighted by Crippen LogP contribution is -2.17. The molecular formula is C20H16ClNO3S. The fourth-order valence-electron chi connectivity index (χ4n) is 2.88. The largest absolute Gasteiger partial charge is 0.486 e. The van der Waals surface area contributed by atoms with Crippen LogP contribution in [0.5, 0.6) is 11.5 Å². The first kappa shape index (κ1) is 16.9. The van der Waals surface area contributed by atoms with Crippen LogP contribution in [-0.4, -0.2) is 19.1 Å². The predicted molar refractivity (Wildman–Crippen MR) is 105 cm³/mol. The number of benzene rings is 2. The van der Waals surface area contributed by atoms with E-state index >= 15 is 0 Å². The first-order valence-corrected chi connectivity index (χ1v) is 9.47. The Kier molecular flexibility index (Phi) is 4.82. The van der Waals surface area contributed by atoms with Crippen LogP contribution >= 0.6 is 22.9 Å². The summed E-state index contributed by atoms with van der Waals surface area (Å²) in [4.78, 5) is 13.7. The van der Waals surface area contributed by atoms with E-state index in [4.69, 9.17) is 21.1 Å². The molecule has 1 aliphatic heterocycles. The third-order valence-corrected chi connectivity index (χ3v) is 5.19. The number of halogens is 1. The number of fused-ring (bicyclic) bond motifs is 1. The number of ether oxygens (including phenoxy) is 2. The van der Waals surface area contributed by atoms with Gasteiger partial charge in [0.1, 0.15) is 13.2 Å². The van der Waals surface area contributed by atoms with E-state index < -0.39 is 0 Å². The van der Waals surface area contributed by atoms with Gasteiger partial charge in [-0.25, -0.2) is 0 Å². The van der Waals surface area contributed by atoms with E-state index in [2.05, 4.69) is 5.32 Å². The van der Waals surface area contributed by atoms with E-state index in [-0.39, 0.29) is 12.3 Å². The third-order valence-electron chi connectivity index (χ3n) is 4.01. The zero-order chi connectivity index (χ0) is 17.9. The van der Waals surface area contributed by atoms with E-state index in [0.29, 0.717) is 29.7 Å². The number of carbonyl (C=O) groups excluding carboxylic acids is 1. The average Bonchev–Trinajstić information content (AvgIpc) is 3.16. The van der Waals surface area contributed by atoms with Crippen molar-refractivity contribution >= 4 is 34.5 Å². The van der Waals surface area contributed by atoms with Crippen LogP contribution in [0.1, 0.15) is 5.56 Å². The van der Waals surface area contributed by atoms with Crippen LogP contribution in [0.15, 0.2) is 53.9 Å². The summed E-state index contributed by atoms with van der Waals surface area (Å²) in [6.45, 7) is 0.958. The highest BCUT2D eigenvalue weighted by Gasteiger charge is 2.18. The highest BCUT2D eigenvalue weighted by atomic mass is 35.5. The van der Waals surface area contributed by atoms with Gasteiger partial charge in [0.05, 0.1) is 11.4 Å². The van der Waals surface area contributed by atoms with Gasteiger partial charge in [-0.3, -0.25) is 4.79 Å². The molecule has 3 aromatic rings. The van der Waals surface area contributed by atoms with Crippen LogP contribution < -0.4 is 14.8 Å². The van der Waals surface area contributed by atoms with Gasteiger partial charge in [-0.05, 0) is 35.2 Å². The van der Waals surface area contributed by atoms with Crippen molar-refractivity contribution in [2.45, 2.75) is 6.42 Å². The number of hydrogen-bond donors (Lipinski definition) is 1. The second kappa shape index (κ2) is 7.40. The van der Waals surface area contributed by atoms with E-state index in [9.17, 15) is 4.79 Å². The van der Waals surface area contributed by atoms with Crippen molar-refractivity contribution in [3.8, 4) is 21.9 Å². The summed E-state index contributed by atoms with van der Waals surface area (Å²) < 4.78 is 11.1.